The molecule has 3 rings (SSSR count). The molecular formula is C17H16FN3O2S. The number of carbonyl (C=O) groups is 1. The van der Waals surface area contributed by atoms with Crippen LogP contribution in [0.5, 0.6) is 0 Å². The summed E-state index contributed by atoms with van der Waals surface area (Å²) in [6.45, 7) is 5.45. The minimum atomic E-state index is -0.737. The van der Waals surface area contributed by atoms with E-state index in [2.05, 4.69) is 10.3 Å². The maximum Gasteiger partial charge on any atom is 0.263 e. The van der Waals surface area contributed by atoms with E-state index in [4.69, 9.17) is 0 Å². The summed E-state index contributed by atoms with van der Waals surface area (Å²) in [5.41, 5.74) is 1.13. The van der Waals surface area contributed by atoms with E-state index in [0.29, 0.717) is 15.9 Å². The van der Waals surface area contributed by atoms with Gasteiger partial charge >= 0.3 is 0 Å². The monoisotopic (exact) mass is 345 g/mol. The predicted molar refractivity (Wildman–Crippen MR) is 93.1 cm³/mol. The molecule has 0 fully saturated rings. The lowest BCUT2D eigenvalue weighted by Crippen LogP contribution is -2.31. The first-order chi connectivity index (χ1) is 11.4. The first-order valence-electron chi connectivity index (χ1n) is 7.41. The van der Waals surface area contributed by atoms with Gasteiger partial charge in [0.2, 0.25) is 5.91 Å². The summed E-state index contributed by atoms with van der Waals surface area (Å²) in [5.74, 6) is -0.746. The van der Waals surface area contributed by atoms with Crippen molar-refractivity contribution in [1.82, 2.24) is 9.55 Å². The Bertz CT molecular complexity index is 976. The molecule has 3 aromatic rings. The molecule has 0 saturated carbocycles. The van der Waals surface area contributed by atoms with Gasteiger partial charge in [-0.2, -0.15) is 0 Å². The van der Waals surface area contributed by atoms with E-state index in [1.54, 1.807) is 6.92 Å². The number of hydrogen-bond donors (Lipinski definition) is 1. The molecule has 0 radical (unpaired) electrons. The van der Waals surface area contributed by atoms with E-state index in [-0.39, 0.29) is 17.3 Å². The molecule has 0 saturated heterocycles. The SMILES string of the molecule is Cc1sc2ncn([C@H](C)C(=O)Nc3ccc(F)cc3)c(=O)c2c1C. The molecule has 2 aromatic heterocycles. The van der Waals surface area contributed by atoms with Gasteiger partial charge in [-0.15, -0.1) is 11.3 Å². The van der Waals surface area contributed by atoms with Crippen LogP contribution in [0.1, 0.15) is 23.4 Å². The fraction of sp³-hybridized carbons (Fsp3) is 0.235. The smallest absolute Gasteiger partial charge is 0.263 e. The van der Waals surface area contributed by atoms with Crippen LogP contribution in [0.4, 0.5) is 10.1 Å². The van der Waals surface area contributed by atoms with E-state index >= 15 is 0 Å². The third kappa shape index (κ3) is 2.82. The van der Waals surface area contributed by atoms with E-state index in [1.165, 1.54) is 46.5 Å². The Morgan fingerprint density at radius 2 is 1.96 bits per heavy atom. The molecule has 0 aliphatic carbocycles. The number of aromatic nitrogens is 2. The standard InChI is InChI=1S/C17H16FN3O2S/c1-9-11(3)24-16-14(9)17(23)21(8-19-16)10(2)15(22)20-13-6-4-12(18)5-7-13/h4-8,10H,1-3H3,(H,20,22)/t10-/m1/s1. The summed E-state index contributed by atoms with van der Waals surface area (Å²) >= 11 is 1.47. The van der Waals surface area contributed by atoms with Crippen LogP contribution in [0.3, 0.4) is 0 Å². The second-order valence-electron chi connectivity index (χ2n) is 5.59. The van der Waals surface area contributed by atoms with Crippen molar-refractivity contribution in [3.05, 3.63) is 57.2 Å². The van der Waals surface area contributed by atoms with Crippen LogP contribution in [0.25, 0.3) is 10.2 Å². The van der Waals surface area contributed by atoms with E-state index < -0.39 is 6.04 Å². The number of carbonyl (C=O) groups excluding carboxylic acids is 1. The lowest BCUT2D eigenvalue weighted by molar-refractivity contribution is -0.118. The number of halogens is 1. The van der Waals surface area contributed by atoms with Crippen molar-refractivity contribution in [2.75, 3.05) is 5.32 Å². The van der Waals surface area contributed by atoms with Gasteiger partial charge < -0.3 is 5.32 Å². The maximum absolute atomic E-state index is 12.9. The van der Waals surface area contributed by atoms with Gasteiger partial charge in [-0.3, -0.25) is 14.2 Å². The topological polar surface area (TPSA) is 64.0 Å². The van der Waals surface area contributed by atoms with E-state index in [1.807, 2.05) is 13.8 Å². The molecule has 1 N–H and O–H groups in total. The molecule has 24 heavy (non-hydrogen) atoms. The van der Waals surface area contributed by atoms with Crippen molar-refractivity contribution in [2.45, 2.75) is 26.8 Å². The third-order valence-electron chi connectivity index (χ3n) is 4.02. The second-order valence-corrected chi connectivity index (χ2v) is 6.80. The quantitative estimate of drug-likeness (QED) is 0.791. The van der Waals surface area contributed by atoms with Gasteiger partial charge in [0.1, 0.15) is 16.7 Å². The lowest BCUT2D eigenvalue weighted by Gasteiger charge is -2.15. The molecule has 1 amide bonds. The Hall–Kier alpha value is -2.54. The number of nitrogens with zero attached hydrogens (tertiary/aromatic N) is 2. The van der Waals surface area contributed by atoms with Gasteiger partial charge in [-0.25, -0.2) is 9.37 Å². The summed E-state index contributed by atoms with van der Waals surface area (Å²) in [6.07, 6.45) is 1.40. The summed E-state index contributed by atoms with van der Waals surface area (Å²) in [5, 5.41) is 3.23. The van der Waals surface area contributed by atoms with Crippen LogP contribution >= 0.6 is 11.3 Å². The number of aryl methyl sites for hydroxylation is 2. The van der Waals surface area contributed by atoms with Crippen LogP contribution in [-0.2, 0) is 4.79 Å². The van der Waals surface area contributed by atoms with Crippen molar-refractivity contribution in [2.24, 2.45) is 0 Å². The lowest BCUT2D eigenvalue weighted by atomic mass is 10.2. The first-order valence-corrected chi connectivity index (χ1v) is 8.23. The van der Waals surface area contributed by atoms with Gasteiger partial charge in [-0.05, 0) is 50.6 Å². The van der Waals surface area contributed by atoms with Gasteiger partial charge in [0.15, 0.2) is 0 Å². The Morgan fingerprint density at radius 1 is 1.29 bits per heavy atom. The number of amides is 1. The summed E-state index contributed by atoms with van der Waals surface area (Å²) in [4.78, 5) is 31.1. The third-order valence-corrected chi connectivity index (χ3v) is 5.14. The van der Waals surface area contributed by atoms with Crippen molar-refractivity contribution < 1.29 is 9.18 Å². The van der Waals surface area contributed by atoms with Crippen molar-refractivity contribution in [3.8, 4) is 0 Å². The number of benzene rings is 1. The van der Waals surface area contributed by atoms with Gasteiger partial charge in [0.05, 0.1) is 11.7 Å². The number of nitrogens with one attached hydrogen (secondary N) is 1. The molecule has 0 aliphatic rings. The molecule has 1 atom stereocenters. The molecule has 7 heteroatoms. The molecule has 5 nitrogen and oxygen atoms in total. The largest absolute Gasteiger partial charge is 0.324 e. The molecule has 124 valence electrons. The summed E-state index contributed by atoms with van der Waals surface area (Å²) in [6, 6.07) is 4.72. The average molecular weight is 345 g/mol. The zero-order chi connectivity index (χ0) is 17.4. The van der Waals surface area contributed by atoms with Crippen LogP contribution < -0.4 is 10.9 Å². The van der Waals surface area contributed by atoms with Crippen LogP contribution in [0, 0.1) is 19.7 Å². The Balaban J connectivity index is 1.93. The predicted octanol–water partition coefficient (Wildman–Crippen LogP) is 3.41. The Kier molecular flexibility index (Phi) is 4.19. The maximum atomic E-state index is 12.9. The van der Waals surface area contributed by atoms with E-state index in [9.17, 15) is 14.0 Å². The van der Waals surface area contributed by atoms with Crippen molar-refractivity contribution >= 4 is 33.1 Å². The molecule has 0 aliphatic heterocycles. The van der Waals surface area contributed by atoms with Gasteiger partial charge in [-0.1, -0.05) is 0 Å². The highest BCUT2D eigenvalue weighted by molar-refractivity contribution is 7.18. The van der Waals surface area contributed by atoms with Gasteiger partial charge in [0.25, 0.3) is 5.56 Å². The molecule has 0 bridgehead atoms. The van der Waals surface area contributed by atoms with E-state index in [0.717, 1.165) is 10.4 Å². The molecular weight excluding hydrogens is 329 g/mol. The normalized spacial score (nSPS) is 12.3. The summed E-state index contributed by atoms with van der Waals surface area (Å²) < 4.78 is 14.2. The minimum Gasteiger partial charge on any atom is -0.324 e. The van der Waals surface area contributed by atoms with Gasteiger partial charge in [0, 0.05) is 10.6 Å². The minimum absolute atomic E-state index is 0.233. The fourth-order valence-corrected chi connectivity index (χ4v) is 3.42. The van der Waals surface area contributed by atoms with Crippen LogP contribution in [0.2, 0.25) is 0 Å². The highest BCUT2D eigenvalue weighted by atomic mass is 32.1. The fourth-order valence-electron chi connectivity index (χ4n) is 2.43. The average Bonchev–Trinajstić information content (AvgIpc) is 2.85. The van der Waals surface area contributed by atoms with Crippen LogP contribution in [0.15, 0.2) is 35.4 Å². The molecule has 0 unspecified atom stereocenters. The molecule has 1 aromatic carbocycles. The summed E-state index contributed by atoms with van der Waals surface area (Å²) in [7, 11) is 0. The number of anilines is 1. The first kappa shape index (κ1) is 16.3. The van der Waals surface area contributed by atoms with Crippen molar-refractivity contribution in [1.29, 1.82) is 0 Å². The van der Waals surface area contributed by atoms with Crippen molar-refractivity contribution in [3.63, 3.8) is 0 Å². The number of fused-ring (bicyclic) bond motifs is 1. The highest BCUT2D eigenvalue weighted by Crippen LogP contribution is 2.26. The zero-order valence-electron chi connectivity index (χ0n) is 13.5. The zero-order valence-corrected chi connectivity index (χ0v) is 14.3. The Labute approximate surface area is 141 Å². The number of thiophene rings is 1. The Morgan fingerprint density at radius 3 is 2.62 bits per heavy atom. The number of rotatable bonds is 3. The highest BCUT2D eigenvalue weighted by Gasteiger charge is 2.20. The number of hydrogen-bond acceptors (Lipinski definition) is 4. The van der Waals surface area contributed by atoms with Crippen LogP contribution in [-0.4, -0.2) is 15.5 Å². The second kappa shape index (κ2) is 6.16. The molecule has 0 spiro atoms. The molecule has 2 heterocycles.